The fourth-order valence-corrected chi connectivity index (χ4v) is 2.75. The van der Waals surface area contributed by atoms with Gasteiger partial charge in [-0.05, 0) is 51.4 Å². The average Bonchev–Trinajstić information content (AvgIpc) is 2.41. The molecule has 0 saturated carbocycles. The highest BCUT2D eigenvalue weighted by atomic mass is 15.1. The predicted molar refractivity (Wildman–Crippen MR) is 77.7 cm³/mol. The van der Waals surface area contributed by atoms with Crippen LogP contribution in [-0.4, -0.2) is 31.1 Å². The molecule has 100 valence electrons. The normalized spacial score (nSPS) is 20.2. The number of rotatable bonds is 6. The highest BCUT2D eigenvalue weighted by molar-refractivity contribution is 5.14. The van der Waals surface area contributed by atoms with Crippen LogP contribution in [-0.2, 0) is 6.54 Å². The second kappa shape index (κ2) is 7.55. The van der Waals surface area contributed by atoms with Gasteiger partial charge in [-0.2, -0.15) is 0 Å². The van der Waals surface area contributed by atoms with Gasteiger partial charge in [-0.15, -0.1) is 0 Å². The lowest BCUT2D eigenvalue weighted by atomic mass is 10.0. The molecule has 1 N–H and O–H groups in total. The van der Waals surface area contributed by atoms with Gasteiger partial charge in [-0.25, -0.2) is 0 Å². The number of nitrogens with zero attached hydrogens (tertiary/aromatic N) is 1. The SMILES string of the molecule is CN(CCCC1CCCCN1)Cc1ccccc1. The molecule has 1 aromatic carbocycles. The lowest BCUT2D eigenvalue weighted by molar-refractivity contribution is 0.297. The quantitative estimate of drug-likeness (QED) is 0.830. The monoisotopic (exact) mass is 246 g/mol. The second-order valence-electron chi connectivity index (χ2n) is 5.51. The largest absolute Gasteiger partial charge is 0.314 e. The van der Waals surface area contributed by atoms with Crippen molar-refractivity contribution in [3.05, 3.63) is 35.9 Å². The Morgan fingerprint density at radius 2 is 2.06 bits per heavy atom. The molecule has 1 aliphatic heterocycles. The molecule has 1 saturated heterocycles. The molecule has 2 rings (SSSR count). The van der Waals surface area contributed by atoms with E-state index in [4.69, 9.17) is 0 Å². The number of hydrogen-bond acceptors (Lipinski definition) is 2. The summed E-state index contributed by atoms with van der Waals surface area (Å²) >= 11 is 0. The van der Waals surface area contributed by atoms with Crippen molar-refractivity contribution < 1.29 is 0 Å². The first kappa shape index (κ1) is 13.6. The van der Waals surface area contributed by atoms with Crippen LogP contribution in [0.15, 0.2) is 30.3 Å². The highest BCUT2D eigenvalue weighted by Crippen LogP contribution is 2.12. The predicted octanol–water partition coefficient (Wildman–Crippen LogP) is 3.04. The van der Waals surface area contributed by atoms with Gasteiger partial charge >= 0.3 is 0 Å². The Morgan fingerprint density at radius 3 is 2.78 bits per heavy atom. The Labute approximate surface area is 111 Å². The topological polar surface area (TPSA) is 15.3 Å². The van der Waals surface area contributed by atoms with E-state index in [9.17, 15) is 0 Å². The third kappa shape index (κ3) is 4.79. The molecule has 1 aliphatic rings. The van der Waals surface area contributed by atoms with Gasteiger partial charge in [0.1, 0.15) is 0 Å². The van der Waals surface area contributed by atoms with E-state index in [0.29, 0.717) is 0 Å². The van der Waals surface area contributed by atoms with Gasteiger partial charge in [-0.1, -0.05) is 36.8 Å². The summed E-state index contributed by atoms with van der Waals surface area (Å²) in [5.74, 6) is 0. The van der Waals surface area contributed by atoms with E-state index < -0.39 is 0 Å². The fourth-order valence-electron chi connectivity index (χ4n) is 2.75. The van der Waals surface area contributed by atoms with Crippen molar-refractivity contribution in [1.29, 1.82) is 0 Å². The first-order valence-corrected chi connectivity index (χ1v) is 7.30. The molecular weight excluding hydrogens is 220 g/mol. The molecule has 0 amide bonds. The Balaban J connectivity index is 1.61. The third-order valence-corrected chi connectivity index (χ3v) is 3.80. The summed E-state index contributed by atoms with van der Waals surface area (Å²) in [6.07, 6.45) is 6.80. The van der Waals surface area contributed by atoms with Crippen LogP contribution in [0, 0.1) is 0 Å². The van der Waals surface area contributed by atoms with Gasteiger partial charge in [-0.3, -0.25) is 0 Å². The minimum Gasteiger partial charge on any atom is -0.314 e. The van der Waals surface area contributed by atoms with E-state index in [0.717, 1.165) is 12.6 Å². The molecule has 0 aromatic heterocycles. The molecular formula is C16H26N2. The van der Waals surface area contributed by atoms with Crippen LogP contribution in [0.1, 0.15) is 37.7 Å². The van der Waals surface area contributed by atoms with E-state index in [1.807, 2.05) is 0 Å². The number of piperidine rings is 1. The Hall–Kier alpha value is -0.860. The van der Waals surface area contributed by atoms with E-state index in [2.05, 4.69) is 47.6 Å². The minimum absolute atomic E-state index is 0.781. The molecule has 1 unspecified atom stereocenters. The van der Waals surface area contributed by atoms with E-state index in [-0.39, 0.29) is 0 Å². The summed E-state index contributed by atoms with van der Waals surface area (Å²) in [5.41, 5.74) is 1.41. The zero-order chi connectivity index (χ0) is 12.6. The van der Waals surface area contributed by atoms with E-state index in [1.165, 1.54) is 50.8 Å². The Bertz CT molecular complexity index is 317. The van der Waals surface area contributed by atoms with Crippen molar-refractivity contribution in [2.75, 3.05) is 20.1 Å². The van der Waals surface area contributed by atoms with Crippen molar-refractivity contribution in [1.82, 2.24) is 10.2 Å². The smallest absolute Gasteiger partial charge is 0.0230 e. The summed E-state index contributed by atoms with van der Waals surface area (Å²) in [6, 6.07) is 11.5. The highest BCUT2D eigenvalue weighted by Gasteiger charge is 2.11. The molecule has 0 aliphatic carbocycles. The third-order valence-electron chi connectivity index (χ3n) is 3.80. The van der Waals surface area contributed by atoms with E-state index >= 15 is 0 Å². The van der Waals surface area contributed by atoms with Gasteiger partial charge in [0.15, 0.2) is 0 Å². The molecule has 18 heavy (non-hydrogen) atoms. The zero-order valence-corrected chi connectivity index (χ0v) is 11.6. The summed E-state index contributed by atoms with van der Waals surface area (Å²) in [6.45, 7) is 3.50. The summed E-state index contributed by atoms with van der Waals surface area (Å²) in [4.78, 5) is 2.43. The average molecular weight is 246 g/mol. The molecule has 1 heterocycles. The van der Waals surface area contributed by atoms with Gasteiger partial charge in [0.05, 0.1) is 0 Å². The first-order chi connectivity index (χ1) is 8.84. The number of nitrogens with one attached hydrogen (secondary N) is 1. The number of benzene rings is 1. The Kier molecular flexibility index (Phi) is 5.69. The standard InChI is InChI=1S/C16H26N2/c1-18(14-15-8-3-2-4-9-15)13-7-11-16-10-5-6-12-17-16/h2-4,8-9,16-17H,5-7,10-14H2,1H3. The van der Waals surface area contributed by atoms with Crippen molar-refractivity contribution >= 4 is 0 Å². The van der Waals surface area contributed by atoms with Crippen molar-refractivity contribution in [3.8, 4) is 0 Å². The summed E-state index contributed by atoms with van der Waals surface area (Å²) in [5, 5.41) is 3.62. The van der Waals surface area contributed by atoms with Crippen LogP contribution in [0.5, 0.6) is 0 Å². The maximum atomic E-state index is 3.62. The van der Waals surface area contributed by atoms with Crippen LogP contribution >= 0.6 is 0 Å². The molecule has 1 aromatic rings. The molecule has 0 spiro atoms. The zero-order valence-electron chi connectivity index (χ0n) is 11.6. The van der Waals surface area contributed by atoms with Crippen molar-refractivity contribution in [3.63, 3.8) is 0 Å². The van der Waals surface area contributed by atoms with Crippen LogP contribution in [0.4, 0.5) is 0 Å². The van der Waals surface area contributed by atoms with Gasteiger partial charge in [0.25, 0.3) is 0 Å². The molecule has 2 heteroatoms. The summed E-state index contributed by atoms with van der Waals surface area (Å²) in [7, 11) is 2.22. The van der Waals surface area contributed by atoms with Crippen LogP contribution in [0.3, 0.4) is 0 Å². The maximum absolute atomic E-state index is 3.62. The lowest BCUT2D eigenvalue weighted by Gasteiger charge is -2.24. The first-order valence-electron chi connectivity index (χ1n) is 7.30. The molecule has 0 radical (unpaired) electrons. The molecule has 1 fully saturated rings. The van der Waals surface area contributed by atoms with Gasteiger partial charge < -0.3 is 10.2 Å². The van der Waals surface area contributed by atoms with E-state index in [1.54, 1.807) is 0 Å². The van der Waals surface area contributed by atoms with Crippen LogP contribution in [0.2, 0.25) is 0 Å². The fraction of sp³-hybridized carbons (Fsp3) is 0.625. The maximum Gasteiger partial charge on any atom is 0.0230 e. The minimum atomic E-state index is 0.781. The molecule has 2 nitrogen and oxygen atoms in total. The van der Waals surface area contributed by atoms with Gasteiger partial charge in [0.2, 0.25) is 0 Å². The van der Waals surface area contributed by atoms with Gasteiger partial charge in [0, 0.05) is 12.6 Å². The van der Waals surface area contributed by atoms with Crippen LogP contribution in [0.25, 0.3) is 0 Å². The molecule has 0 bridgehead atoms. The second-order valence-corrected chi connectivity index (χ2v) is 5.51. The van der Waals surface area contributed by atoms with Crippen LogP contribution < -0.4 is 5.32 Å². The van der Waals surface area contributed by atoms with Crippen molar-refractivity contribution in [2.24, 2.45) is 0 Å². The summed E-state index contributed by atoms with van der Waals surface area (Å²) < 4.78 is 0. The Morgan fingerprint density at radius 1 is 1.22 bits per heavy atom. The molecule has 1 atom stereocenters. The lowest BCUT2D eigenvalue weighted by Crippen LogP contribution is -2.34. The van der Waals surface area contributed by atoms with Crippen molar-refractivity contribution in [2.45, 2.75) is 44.7 Å². The number of hydrogen-bond donors (Lipinski definition) is 1.